The monoisotopic (exact) mass is 686 g/mol. The van der Waals surface area contributed by atoms with Gasteiger partial charge in [-0.2, -0.15) is 0 Å². The summed E-state index contributed by atoms with van der Waals surface area (Å²) in [6, 6.07) is 73.6. The molecule has 2 heteroatoms. The first kappa shape index (κ1) is 31.6. The van der Waals surface area contributed by atoms with E-state index in [0.29, 0.717) is 5.82 Å². The normalized spacial score (nSPS) is 11.3. The molecule has 0 fully saturated rings. The van der Waals surface area contributed by atoms with Gasteiger partial charge in [0.1, 0.15) is 0 Å². The number of rotatable bonds is 6. The van der Waals surface area contributed by atoms with Crippen LogP contribution >= 0.6 is 0 Å². The predicted octanol–water partition coefficient (Wildman–Crippen LogP) is 13.9. The van der Waals surface area contributed by atoms with Crippen molar-refractivity contribution in [1.82, 2.24) is 9.97 Å². The maximum Gasteiger partial charge on any atom is 0.160 e. The lowest BCUT2D eigenvalue weighted by Crippen LogP contribution is -1.96. The maximum atomic E-state index is 5.27. The van der Waals surface area contributed by atoms with E-state index >= 15 is 0 Å². The Morgan fingerprint density at radius 3 is 0.926 bits per heavy atom. The Kier molecular flexibility index (Phi) is 7.85. The van der Waals surface area contributed by atoms with E-state index in [0.717, 1.165) is 50.3 Å². The molecule has 1 aromatic heterocycles. The largest absolute Gasteiger partial charge is 0.228 e. The average molecular weight is 687 g/mol. The van der Waals surface area contributed by atoms with Crippen LogP contribution in [0.15, 0.2) is 206 Å². The summed E-state index contributed by atoms with van der Waals surface area (Å²) in [4.78, 5) is 10.5. The lowest BCUT2D eigenvalue weighted by molar-refractivity contribution is 1.18. The Morgan fingerprint density at radius 1 is 0.204 bits per heavy atom. The molecule has 0 N–H and O–H groups in total. The number of benzene rings is 9. The molecule has 1 heterocycles. The third-order valence-electron chi connectivity index (χ3n) is 10.4. The molecule has 0 radical (unpaired) electrons. The van der Waals surface area contributed by atoms with Gasteiger partial charge >= 0.3 is 0 Å². The SMILES string of the molecule is c1cc(-c2ccc3ccccc3c2)cc(-c2cc(-c3cccc(-c4ccc5ccccc5c4)c3)nc(-c3cccc(-c4ccc5ccccc5c4)c3)n2)c1. The van der Waals surface area contributed by atoms with Crippen LogP contribution in [0.3, 0.4) is 0 Å². The van der Waals surface area contributed by atoms with Crippen LogP contribution in [0.4, 0.5) is 0 Å². The number of hydrogen-bond donors (Lipinski definition) is 0. The van der Waals surface area contributed by atoms with Gasteiger partial charge in [0.25, 0.3) is 0 Å². The second-order valence-corrected chi connectivity index (χ2v) is 13.9. The van der Waals surface area contributed by atoms with E-state index in [9.17, 15) is 0 Å². The second kappa shape index (κ2) is 13.4. The zero-order valence-corrected chi connectivity index (χ0v) is 29.5. The summed E-state index contributed by atoms with van der Waals surface area (Å²) in [5.74, 6) is 0.692. The van der Waals surface area contributed by atoms with E-state index in [-0.39, 0.29) is 0 Å². The molecule has 0 saturated heterocycles. The third kappa shape index (κ3) is 6.10. The Bertz CT molecular complexity index is 2670. The van der Waals surface area contributed by atoms with E-state index in [2.05, 4.69) is 206 Å². The first-order valence-corrected chi connectivity index (χ1v) is 18.4. The second-order valence-electron chi connectivity index (χ2n) is 13.9. The fourth-order valence-corrected chi connectivity index (χ4v) is 7.53. The molecule has 0 saturated carbocycles. The molecule has 2 nitrogen and oxygen atoms in total. The molecule has 0 atom stereocenters. The van der Waals surface area contributed by atoms with Gasteiger partial charge in [0, 0.05) is 16.7 Å². The van der Waals surface area contributed by atoms with Crippen LogP contribution in [-0.4, -0.2) is 9.97 Å². The van der Waals surface area contributed by atoms with Crippen molar-refractivity contribution in [2.45, 2.75) is 0 Å². The van der Waals surface area contributed by atoms with Crippen LogP contribution in [0.2, 0.25) is 0 Å². The smallest absolute Gasteiger partial charge is 0.160 e. The fourth-order valence-electron chi connectivity index (χ4n) is 7.53. The molecule has 0 amide bonds. The van der Waals surface area contributed by atoms with E-state index in [4.69, 9.17) is 9.97 Å². The summed E-state index contributed by atoms with van der Waals surface area (Å²) in [6.07, 6.45) is 0. The van der Waals surface area contributed by atoms with Crippen molar-refractivity contribution in [3.63, 3.8) is 0 Å². The summed E-state index contributed by atoms with van der Waals surface area (Å²) >= 11 is 0. The number of aromatic nitrogens is 2. The standard InChI is InChI=1S/C52H34N2/c1-4-13-38-28-44(25-22-35(38)10-1)41-16-7-19-47(31-41)50-34-51(48-20-8-17-42(32-48)45-26-23-36-11-2-5-14-39(36)29-45)54-52(53-50)49-21-9-18-43(33-49)46-27-24-37-12-3-6-15-40(37)30-46/h1-34H. The minimum atomic E-state index is 0.692. The Labute approximate surface area is 314 Å². The van der Waals surface area contributed by atoms with Crippen LogP contribution in [0.25, 0.3) is 99.6 Å². The van der Waals surface area contributed by atoms with Gasteiger partial charge in [-0.25, -0.2) is 9.97 Å². The molecule has 0 unspecified atom stereocenters. The predicted molar refractivity (Wildman–Crippen MR) is 227 cm³/mol. The first-order chi connectivity index (χ1) is 26.7. The molecule has 10 aromatic rings. The first-order valence-electron chi connectivity index (χ1n) is 18.4. The lowest BCUT2D eigenvalue weighted by Gasteiger charge is -2.13. The van der Waals surface area contributed by atoms with Gasteiger partial charge in [-0.15, -0.1) is 0 Å². The van der Waals surface area contributed by atoms with Crippen LogP contribution < -0.4 is 0 Å². The summed E-state index contributed by atoms with van der Waals surface area (Å²) in [5.41, 5.74) is 11.8. The highest BCUT2D eigenvalue weighted by Gasteiger charge is 2.14. The van der Waals surface area contributed by atoms with Crippen molar-refractivity contribution in [3.8, 4) is 67.3 Å². The van der Waals surface area contributed by atoms with Gasteiger partial charge in [-0.1, -0.05) is 164 Å². The van der Waals surface area contributed by atoms with Crippen LogP contribution in [0.5, 0.6) is 0 Å². The third-order valence-corrected chi connectivity index (χ3v) is 10.4. The van der Waals surface area contributed by atoms with E-state index in [1.54, 1.807) is 0 Å². The summed E-state index contributed by atoms with van der Waals surface area (Å²) < 4.78 is 0. The quantitative estimate of drug-likeness (QED) is 0.174. The van der Waals surface area contributed by atoms with E-state index in [1.807, 2.05) is 0 Å². The zero-order valence-electron chi connectivity index (χ0n) is 29.5. The molecule has 54 heavy (non-hydrogen) atoms. The van der Waals surface area contributed by atoms with Crippen LogP contribution in [0, 0.1) is 0 Å². The lowest BCUT2D eigenvalue weighted by atomic mass is 9.97. The molecule has 10 rings (SSSR count). The van der Waals surface area contributed by atoms with Crippen molar-refractivity contribution in [2.75, 3.05) is 0 Å². The molecule has 0 bridgehead atoms. The highest BCUT2D eigenvalue weighted by Crippen LogP contribution is 2.35. The molecule has 0 aliphatic carbocycles. The topological polar surface area (TPSA) is 25.8 Å². The van der Waals surface area contributed by atoms with Crippen LogP contribution in [-0.2, 0) is 0 Å². The van der Waals surface area contributed by atoms with Crippen molar-refractivity contribution < 1.29 is 0 Å². The molecule has 252 valence electrons. The number of nitrogens with zero attached hydrogens (tertiary/aromatic N) is 2. The fraction of sp³-hybridized carbons (Fsp3) is 0. The Balaban J connectivity index is 1.10. The molecular weight excluding hydrogens is 653 g/mol. The van der Waals surface area contributed by atoms with E-state index in [1.165, 1.54) is 43.4 Å². The summed E-state index contributed by atoms with van der Waals surface area (Å²) in [6.45, 7) is 0. The minimum absolute atomic E-state index is 0.692. The van der Waals surface area contributed by atoms with Gasteiger partial charge in [0.15, 0.2) is 5.82 Å². The van der Waals surface area contributed by atoms with Gasteiger partial charge in [0.05, 0.1) is 11.4 Å². The Hall–Kier alpha value is -7.16. The molecule has 0 aliphatic heterocycles. The average Bonchev–Trinajstić information content (AvgIpc) is 3.26. The molecule has 0 spiro atoms. The molecule has 9 aromatic carbocycles. The molecule has 0 aliphatic rings. The maximum absolute atomic E-state index is 5.27. The molecular formula is C52H34N2. The van der Waals surface area contributed by atoms with Crippen molar-refractivity contribution >= 4 is 32.3 Å². The number of fused-ring (bicyclic) bond motifs is 3. The summed E-state index contributed by atoms with van der Waals surface area (Å²) in [7, 11) is 0. The highest BCUT2D eigenvalue weighted by atomic mass is 14.9. The van der Waals surface area contributed by atoms with Crippen LogP contribution in [0.1, 0.15) is 0 Å². The van der Waals surface area contributed by atoms with Crippen molar-refractivity contribution in [3.05, 3.63) is 206 Å². The van der Waals surface area contributed by atoms with E-state index < -0.39 is 0 Å². The van der Waals surface area contributed by atoms with Crippen molar-refractivity contribution in [1.29, 1.82) is 0 Å². The van der Waals surface area contributed by atoms with Gasteiger partial charge in [0.2, 0.25) is 0 Å². The van der Waals surface area contributed by atoms with Gasteiger partial charge in [-0.05, 0) is 108 Å². The van der Waals surface area contributed by atoms with Crippen molar-refractivity contribution in [2.24, 2.45) is 0 Å². The summed E-state index contributed by atoms with van der Waals surface area (Å²) in [5, 5.41) is 7.38. The Morgan fingerprint density at radius 2 is 0.519 bits per heavy atom. The van der Waals surface area contributed by atoms with Gasteiger partial charge < -0.3 is 0 Å². The highest BCUT2D eigenvalue weighted by molar-refractivity contribution is 5.90. The zero-order chi connectivity index (χ0) is 35.8. The minimum Gasteiger partial charge on any atom is -0.228 e. The van der Waals surface area contributed by atoms with Gasteiger partial charge in [-0.3, -0.25) is 0 Å². The number of hydrogen-bond acceptors (Lipinski definition) is 2.